The minimum atomic E-state index is 0. The minimum Gasteiger partial charge on any atom is -0.476 e. The third kappa shape index (κ3) is 10.2. The Hall–Kier alpha value is -9.26. The molecule has 12 rings (SSSR count). The fourth-order valence-electron chi connectivity index (χ4n) is 9.84. The molecule has 8 aromatic carbocycles. The molecule has 0 fully saturated rings. The van der Waals surface area contributed by atoms with E-state index in [0.717, 1.165) is 112 Å². The Morgan fingerprint density at radius 1 is 0.316 bits per heavy atom. The van der Waals surface area contributed by atoms with Crippen molar-refractivity contribution < 1.29 is 24.8 Å². The van der Waals surface area contributed by atoms with Gasteiger partial charge in [-0.1, -0.05) is 163 Å². The number of hydrogen-bond acceptors (Lipinski definition) is 6. The first kappa shape index (κ1) is 49.0. The first-order chi connectivity index (χ1) is 37.0. The Kier molecular flexibility index (Phi) is 14.2. The summed E-state index contributed by atoms with van der Waals surface area (Å²) in [4.78, 5) is 23.0. The number of aryl methyl sites for hydroxylation is 2. The van der Waals surface area contributed by atoms with Gasteiger partial charge in [0.1, 0.15) is 5.75 Å². The third-order valence-electron chi connectivity index (χ3n) is 13.5. The molecule has 0 unspecified atom stereocenters. The second-order valence-electron chi connectivity index (χ2n) is 18.3. The van der Waals surface area contributed by atoms with Gasteiger partial charge < -0.3 is 14.7 Å². The Labute approximate surface area is 456 Å². The molecule has 362 valence electrons. The van der Waals surface area contributed by atoms with Gasteiger partial charge in [-0.15, -0.1) is 76.3 Å². The summed E-state index contributed by atoms with van der Waals surface area (Å²) < 4.78 is 6.97. The smallest absolute Gasteiger partial charge is 0.476 e. The second kappa shape index (κ2) is 22.1. The molecule has 0 amide bonds. The summed E-state index contributed by atoms with van der Waals surface area (Å²) in [6.07, 6.45) is 8.93. The van der Waals surface area contributed by atoms with Gasteiger partial charge in [-0.05, 0) is 111 Å². The second-order valence-corrected chi connectivity index (χ2v) is 18.3. The van der Waals surface area contributed by atoms with Crippen LogP contribution in [0.25, 0.3) is 112 Å². The molecule has 4 aromatic heterocycles. The molecule has 0 aliphatic heterocycles. The topological polar surface area (TPSA) is 73.7 Å². The van der Waals surface area contributed by atoms with Crippen LogP contribution in [0.3, 0.4) is 0 Å². The van der Waals surface area contributed by atoms with E-state index in [4.69, 9.17) is 4.74 Å². The van der Waals surface area contributed by atoms with Crippen molar-refractivity contribution in [3.63, 3.8) is 0 Å². The average Bonchev–Trinajstić information content (AvgIpc) is 3.50. The minimum absolute atomic E-state index is 0. The summed E-state index contributed by atoms with van der Waals surface area (Å²) in [6.45, 7) is 4.33. The SMILES string of the molecule is Cc1cc(-c2ccccn2)[c-]cc1-c1ccccc1-c1cc(-c2ccccc2-c2c[c-]c(-c3ccccn3)cc2C)cc(-c2ccccc2-c2c[c-]c(-c3ncccn3)cc2Oc2cccc(-c3ccccn3)c2)c1.[Ir+3]. The molecule has 12 aromatic rings. The summed E-state index contributed by atoms with van der Waals surface area (Å²) in [6, 6.07) is 83.8. The fourth-order valence-corrected chi connectivity index (χ4v) is 9.84. The van der Waals surface area contributed by atoms with Gasteiger partial charge in [-0.2, -0.15) is 0 Å². The molecule has 0 radical (unpaired) electrons. The van der Waals surface area contributed by atoms with E-state index in [9.17, 15) is 0 Å². The quantitative estimate of drug-likeness (QED) is 0.114. The Morgan fingerprint density at radius 2 is 0.737 bits per heavy atom. The molecule has 0 aliphatic carbocycles. The van der Waals surface area contributed by atoms with Crippen molar-refractivity contribution in [1.29, 1.82) is 0 Å². The van der Waals surface area contributed by atoms with Gasteiger partial charge in [0.05, 0.1) is 17.3 Å². The van der Waals surface area contributed by atoms with Gasteiger partial charge in [-0.25, -0.2) is 0 Å². The molecule has 7 heteroatoms. The number of nitrogens with zero attached hydrogens (tertiary/aromatic N) is 5. The molecule has 0 saturated heterocycles. The van der Waals surface area contributed by atoms with Crippen molar-refractivity contribution in [3.8, 4) is 123 Å². The van der Waals surface area contributed by atoms with E-state index in [1.165, 1.54) is 0 Å². The molecule has 0 spiro atoms. The number of aromatic nitrogens is 5. The molecular weight excluding hydrogens is 1110 g/mol. The Bertz CT molecular complexity index is 3850. The average molecular weight is 1150 g/mol. The van der Waals surface area contributed by atoms with Crippen molar-refractivity contribution in [2.45, 2.75) is 13.8 Å². The van der Waals surface area contributed by atoms with E-state index in [1.54, 1.807) is 18.6 Å². The monoisotopic (exact) mass is 1150 g/mol. The first-order valence-electron chi connectivity index (χ1n) is 24.8. The van der Waals surface area contributed by atoms with Crippen LogP contribution in [-0.2, 0) is 20.1 Å². The Balaban J connectivity index is 0.00000616. The van der Waals surface area contributed by atoms with Crippen LogP contribution in [0.5, 0.6) is 11.5 Å². The van der Waals surface area contributed by atoms with Crippen LogP contribution in [0.2, 0.25) is 0 Å². The molecule has 0 aliphatic rings. The normalized spacial score (nSPS) is 10.9. The van der Waals surface area contributed by atoms with Gasteiger partial charge in [0.15, 0.2) is 0 Å². The molecular formula is C69H46IrN5O. The number of benzene rings is 8. The molecule has 76 heavy (non-hydrogen) atoms. The summed E-state index contributed by atoms with van der Waals surface area (Å²) in [5.41, 5.74) is 21.1. The zero-order chi connectivity index (χ0) is 50.5. The Morgan fingerprint density at radius 3 is 1.21 bits per heavy atom. The third-order valence-corrected chi connectivity index (χ3v) is 13.5. The molecule has 0 atom stereocenters. The van der Waals surface area contributed by atoms with Gasteiger partial charge in [0.2, 0.25) is 0 Å². The van der Waals surface area contributed by atoms with Gasteiger partial charge in [0.25, 0.3) is 0 Å². The van der Waals surface area contributed by atoms with Crippen molar-refractivity contribution >= 4 is 0 Å². The van der Waals surface area contributed by atoms with Gasteiger partial charge in [-0.3, -0.25) is 15.0 Å². The van der Waals surface area contributed by atoms with Crippen LogP contribution in [0.15, 0.2) is 243 Å². The van der Waals surface area contributed by atoms with E-state index in [2.05, 4.69) is 172 Å². The molecule has 6 nitrogen and oxygen atoms in total. The summed E-state index contributed by atoms with van der Waals surface area (Å²) in [5.74, 6) is 1.86. The standard InChI is InChI=1S/C69H46N5O.Ir/c1-46-39-49(66-26-10-13-35-71-66)28-31-56(46)61-22-6-3-19-58(61)52-41-53(59-20-4-7-23-62(59)57-32-29-50(40-47(57)2)67-27-11-14-36-72-67)43-54(42-52)60-21-5-8-24-63(60)64-33-30-51(69-73-37-16-38-74-69)45-68(64)75-55-18-15-17-48(44-55)65-25-9-12-34-70-65;/h3-27,31-45H,1-2H3;/q-3;+3. The number of hydrogen-bond donors (Lipinski definition) is 0. The van der Waals surface area contributed by atoms with E-state index in [0.29, 0.717) is 22.9 Å². The predicted octanol–water partition coefficient (Wildman–Crippen LogP) is 17.1. The van der Waals surface area contributed by atoms with Crippen molar-refractivity contribution in [1.82, 2.24) is 24.9 Å². The predicted molar refractivity (Wildman–Crippen MR) is 302 cm³/mol. The maximum Gasteiger partial charge on any atom is 3.00 e. The van der Waals surface area contributed by atoms with Crippen LogP contribution in [0, 0.1) is 32.0 Å². The van der Waals surface area contributed by atoms with E-state index >= 15 is 0 Å². The van der Waals surface area contributed by atoms with Crippen LogP contribution >= 0.6 is 0 Å². The molecule has 4 heterocycles. The van der Waals surface area contributed by atoms with Crippen molar-refractivity contribution in [3.05, 3.63) is 273 Å². The summed E-state index contributed by atoms with van der Waals surface area (Å²) in [5, 5.41) is 0. The van der Waals surface area contributed by atoms with Gasteiger partial charge >= 0.3 is 20.1 Å². The summed E-state index contributed by atoms with van der Waals surface area (Å²) >= 11 is 0. The summed E-state index contributed by atoms with van der Waals surface area (Å²) in [7, 11) is 0. The zero-order valence-corrected chi connectivity index (χ0v) is 44.0. The number of rotatable bonds is 12. The van der Waals surface area contributed by atoms with Crippen LogP contribution in [0.1, 0.15) is 11.1 Å². The number of ether oxygens (including phenoxy) is 1. The molecule has 0 saturated carbocycles. The fraction of sp³-hybridized carbons (Fsp3) is 0.0290. The number of pyridine rings is 3. The van der Waals surface area contributed by atoms with Crippen LogP contribution in [-0.4, -0.2) is 24.9 Å². The zero-order valence-electron chi connectivity index (χ0n) is 41.6. The van der Waals surface area contributed by atoms with E-state index in [1.807, 2.05) is 109 Å². The van der Waals surface area contributed by atoms with Crippen molar-refractivity contribution in [2.75, 3.05) is 0 Å². The van der Waals surface area contributed by atoms with E-state index < -0.39 is 0 Å². The maximum absolute atomic E-state index is 6.97. The van der Waals surface area contributed by atoms with E-state index in [-0.39, 0.29) is 20.1 Å². The van der Waals surface area contributed by atoms with Crippen molar-refractivity contribution in [2.24, 2.45) is 0 Å². The van der Waals surface area contributed by atoms with Crippen LogP contribution < -0.4 is 4.74 Å². The van der Waals surface area contributed by atoms with Crippen LogP contribution in [0.4, 0.5) is 0 Å². The first-order valence-corrected chi connectivity index (χ1v) is 24.8. The molecule has 0 bridgehead atoms. The largest absolute Gasteiger partial charge is 3.00 e. The van der Waals surface area contributed by atoms with Gasteiger partial charge in [0, 0.05) is 36.5 Å². The molecule has 0 N–H and O–H groups in total. The maximum atomic E-state index is 6.97.